The zero-order chi connectivity index (χ0) is 15.1. The van der Waals surface area contributed by atoms with Crippen molar-refractivity contribution in [3.05, 3.63) is 29.3 Å². The Bertz CT molecular complexity index is 559. The maximum Gasteiger partial charge on any atom is 0.337 e. The largest absolute Gasteiger partial charge is 0.465 e. The lowest BCUT2D eigenvalue weighted by atomic mass is 9.99. The molecule has 5 heteroatoms. The highest BCUT2D eigenvalue weighted by atomic mass is 16.5. The van der Waals surface area contributed by atoms with Gasteiger partial charge < -0.3 is 14.7 Å². The molecule has 0 saturated heterocycles. The van der Waals surface area contributed by atoms with Gasteiger partial charge in [0.1, 0.15) is 0 Å². The van der Waals surface area contributed by atoms with E-state index in [9.17, 15) is 14.7 Å². The van der Waals surface area contributed by atoms with E-state index in [1.807, 2.05) is 0 Å². The summed E-state index contributed by atoms with van der Waals surface area (Å²) in [4.78, 5) is 25.3. The van der Waals surface area contributed by atoms with Crippen LogP contribution in [0.5, 0.6) is 0 Å². The Balaban J connectivity index is 2.45. The molecular weight excluding hydrogens is 258 g/mol. The Morgan fingerprint density at radius 1 is 1.45 bits per heavy atom. The van der Waals surface area contributed by atoms with Crippen LogP contribution in [0.1, 0.15) is 36.7 Å². The van der Waals surface area contributed by atoms with Crippen LogP contribution in [-0.2, 0) is 16.0 Å². The highest BCUT2D eigenvalue weighted by molar-refractivity contribution is 6.03. The molecule has 0 saturated carbocycles. The molecule has 0 bridgehead atoms. The van der Waals surface area contributed by atoms with Gasteiger partial charge in [-0.05, 0) is 38.5 Å². The minimum atomic E-state index is -1.03. The van der Waals surface area contributed by atoms with Gasteiger partial charge in [-0.2, -0.15) is 0 Å². The van der Waals surface area contributed by atoms with Crippen molar-refractivity contribution in [3.8, 4) is 0 Å². The molecule has 1 heterocycles. The van der Waals surface area contributed by atoms with E-state index in [-0.39, 0.29) is 18.4 Å². The number of ether oxygens (including phenoxy) is 1. The first kappa shape index (κ1) is 14.5. The minimum absolute atomic E-state index is 0.0726. The maximum atomic E-state index is 12.2. The van der Waals surface area contributed by atoms with Gasteiger partial charge in [-0.3, -0.25) is 4.79 Å². The Hall–Kier alpha value is -1.88. The summed E-state index contributed by atoms with van der Waals surface area (Å²) in [5.41, 5.74) is 0.901. The van der Waals surface area contributed by atoms with Crippen molar-refractivity contribution in [3.63, 3.8) is 0 Å². The molecule has 1 aliphatic rings. The maximum absolute atomic E-state index is 12.2. The van der Waals surface area contributed by atoms with E-state index in [1.54, 1.807) is 43.9 Å². The van der Waals surface area contributed by atoms with Gasteiger partial charge in [0.25, 0.3) is 0 Å². The summed E-state index contributed by atoms with van der Waals surface area (Å²) in [7, 11) is 1.32. The molecule has 1 aromatic carbocycles. The second-order valence-electron chi connectivity index (χ2n) is 5.61. The summed E-state index contributed by atoms with van der Waals surface area (Å²) in [6.07, 6.45) is 0.289. The standard InChI is InChI=1S/C15H19NO4/c1-9(15(2,3)19)16-12-7-11(14(18)20-4)6-5-10(12)8-13(16)17/h5-7,9,19H,8H2,1-4H3. The van der Waals surface area contributed by atoms with Crippen LogP contribution in [0.3, 0.4) is 0 Å². The van der Waals surface area contributed by atoms with Gasteiger partial charge in [0.2, 0.25) is 5.91 Å². The molecule has 5 nitrogen and oxygen atoms in total. The molecule has 0 spiro atoms. The first-order valence-corrected chi connectivity index (χ1v) is 6.51. The van der Waals surface area contributed by atoms with E-state index < -0.39 is 11.6 Å². The first-order valence-electron chi connectivity index (χ1n) is 6.51. The molecule has 108 valence electrons. The number of aliphatic hydroxyl groups is 1. The Morgan fingerprint density at radius 3 is 2.65 bits per heavy atom. The SMILES string of the molecule is COC(=O)c1ccc2c(c1)N(C(C)C(C)(C)O)C(=O)C2. The third-order valence-corrected chi connectivity index (χ3v) is 3.79. The number of carbonyl (C=O) groups is 2. The second-order valence-corrected chi connectivity index (χ2v) is 5.61. The number of hydrogen-bond donors (Lipinski definition) is 1. The summed E-state index contributed by atoms with van der Waals surface area (Å²) in [5, 5.41) is 10.1. The Morgan fingerprint density at radius 2 is 2.10 bits per heavy atom. The van der Waals surface area contributed by atoms with Crippen LogP contribution in [0.15, 0.2) is 18.2 Å². The molecule has 1 atom stereocenters. The monoisotopic (exact) mass is 277 g/mol. The topological polar surface area (TPSA) is 66.8 Å². The number of hydrogen-bond acceptors (Lipinski definition) is 4. The highest BCUT2D eigenvalue weighted by Crippen LogP contribution is 2.34. The number of methoxy groups -OCH3 is 1. The zero-order valence-electron chi connectivity index (χ0n) is 12.1. The molecule has 2 rings (SSSR count). The van der Waals surface area contributed by atoms with Gasteiger partial charge in [-0.15, -0.1) is 0 Å². The highest BCUT2D eigenvalue weighted by Gasteiger charge is 2.37. The molecule has 20 heavy (non-hydrogen) atoms. The van der Waals surface area contributed by atoms with Crippen molar-refractivity contribution in [2.24, 2.45) is 0 Å². The smallest absolute Gasteiger partial charge is 0.337 e. The number of esters is 1. The summed E-state index contributed by atoms with van der Waals surface area (Å²) < 4.78 is 4.69. The van der Waals surface area contributed by atoms with Crippen molar-refractivity contribution in [1.82, 2.24) is 0 Å². The molecule has 1 N–H and O–H groups in total. The average molecular weight is 277 g/mol. The molecule has 1 aromatic rings. The number of fused-ring (bicyclic) bond motifs is 1. The molecular formula is C15H19NO4. The fraction of sp³-hybridized carbons (Fsp3) is 0.467. The number of carbonyl (C=O) groups excluding carboxylic acids is 2. The summed E-state index contributed by atoms with van der Waals surface area (Å²) >= 11 is 0. The van der Waals surface area contributed by atoms with E-state index >= 15 is 0 Å². The van der Waals surface area contributed by atoms with E-state index in [1.165, 1.54) is 7.11 Å². The molecule has 0 aliphatic carbocycles. The lowest BCUT2D eigenvalue weighted by Crippen LogP contribution is -2.49. The van der Waals surface area contributed by atoms with Crippen molar-refractivity contribution in [1.29, 1.82) is 0 Å². The third-order valence-electron chi connectivity index (χ3n) is 3.79. The van der Waals surface area contributed by atoms with Crippen LogP contribution in [-0.4, -0.2) is 35.7 Å². The molecule has 0 radical (unpaired) electrons. The summed E-state index contributed by atoms with van der Waals surface area (Å²) in [6.45, 7) is 5.11. The molecule has 0 aromatic heterocycles. The van der Waals surface area contributed by atoms with Crippen LogP contribution in [0, 0.1) is 0 Å². The van der Waals surface area contributed by atoms with Crippen molar-refractivity contribution < 1.29 is 19.4 Å². The first-order chi connectivity index (χ1) is 9.25. The molecule has 1 amide bonds. The number of anilines is 1. The fourth-order valence-electron chi connectivity index (χ4n) is 2.31. The Kier molecular flexibility index (Phi) is 3.56. The Labute approximate surface area is 118 Å². The third kappa shape index (κ3) is 2.41. The zero-order valence-corrected chi connectivity index (χ0v) is 12.1. The van der Waals surface area contributed by atoms with Crippen LogP contribution >= 0.6 is 0 Å². The van der Waals surface area contributed by atoms with Gasteiger partial charge in [0.05, 0.1) is 30.7 Å². The van der Waals surface area contributed by atoms with Crippen LogP contribution in [0.2, 0.25) is 0 Å². The van der Waals surface area contributed by atoms with Gasteiger partial charge in [-0.1, -0.05) is 6.07 Å². The normalized spacial score (nSPS) is 16.1. The molecule has 1 aliphatic heterocycles. The lowest BCUT2D eigenvalue weighted by molar-refractivity contribution is -0.118. The van der Waals surface area contributed by atoms with Gasteiger partial charge in [0.15, 0.2) is 0 Å². The quantitative estimate of drug-likeness (QED) is 0.851. The molecule has 1 unspecified atom stereocenters. The molecule has 0 fully saturated rings. The number of amides is 1. The van der Waals surface area contributed by atoms with Crippen LogP contribution < -0.4 is 4.90 Å². The minimum Gasteiger partial charge on any atom is -0.465 e. The van der Waals surface area contributed by atoms with Crippen molar-refractivity contribution in [2.75, 3.05) is 12.0 Å². The van der Waals surface area contributed by atoms with E-state index in [4.69, 9.17) is 4.74 Å². The van der Waals surface area contributed by atoms with Gasteiger partial charge in [0, 0.05) is 5.69 Å². The van der Waals surface area contributed by atoms with Crippen LogP contribution in [0.25, 0.3) is 0 Å². The summed E-state index contributed by atoms with van der Waals surface area (Å²) in [5.74, 6) is -0.514. The number of nitrogens with zero attached hydrogens (tertiary/aromatic N) is 1. The average Bonchev–Trinajstić information content (AvgIpc) is 2.70. The van der Waals surface area contributed by atoms with E-state index in [0.29, 0.717) is 11.3 Å². The predicted molar refractivity (Wildman–Crippen MR) is 74.7 cm³/mol. The van der Waals surface area contributed by atoms with E-state index in [0.717, 1.165) is 5.56 Å². The fourth-order valence-corrected chi connectivity index (χ4v) is 2.31. The van der Waals surface area contributed by atoms with E-state index in [2.05, 4.69) is 0 Å². The van der Waals surface area contributed by atoms with Crippen LogP contribution in [0.4, 0.5) is 5.69 Å². The summed E-state index contributed by atoms with van der Waals surface area (Å²) in [6, 6.07) is 4.67. The van der Waals surface area contributed by atoms with Crippen molar-refractivity contribution in [2.45, 2.75) is 38.8 Å². The van der Waals surface area contributed by atoms with Gasteiger partial charge >= 0.3 is 5.97 Å². The number of benzene rings is 1. The van der Waals surface area contributed by atoms with Gasteiger partial charge in [-0.25, -0.2) is 4.79 Å². The second kappa shape index (κ2) is 4.90. The number of rotatable bonds is 3. The lowest BCUT2D eigenvalue weighted by Gasteiger charge is -2.34. The van der Waals surface area contributed by atoms with Crippen molar-refractivity contribution >= 4 is 17.6 Å². The predicted octanol–water partition coefficient (Wildman–Crippen LogP) is 1.52.